The summed E-state index contributed by atoms with van der Waals surface area (Å²) in [4.78, 5) is 30.4. The summed E-state index contributed by atoms with van der Waals surface area (Å²) in [7, 11) is 0. The zero-order chi connectivity index (χ0) is 23.4. The molecule has 2 aliphatic carbocycles. The predicted octanol–water partition coefficient (Wildman–Crippen LogP) is 2.40. The van der Waals surface area contributed by atoms with E-state index in [-0.39, 0.29) is 23.6 Å². The lowest BCUT2D eigenvalue weighted by atomic mass is 9.48. The summed E-state index contributed by atoms with van der Waals surface area (Å²) >= 11 is 0. The molecule has 2 N–H and O–H groups in total. The van der Waals surface area contributed by atoms with Crippen LogP contribution in [0.3, 0.4) is 0 Å². The van der Waals surface area contributed by atoms with E-state index in [0.717, 1.165) is 17.7 Å². The maximum Gasteiger partial charge on any atom is 0.261 e. The number of aliphatic hydroxyl groups is 1. The van der Waals surface area contributed by atoms with E-state index in [9.17, 15) is 19.8 Å². The van der Waals surface area contributed by atoms with Gasteiger partial charge in [-0.3, -0.25) is 19.4 Å². The van der Waals surface area contributed by atoms with Crippen LogP contribution in [-0.4, -0.2) is 68.7 Å². The van der Waals surface area contributed by atoms with E-state index in [0.29, 0.717) is 49.1 Å². The van der Waals surface area contributed by atoms with Crippen LogP contribution in [0.1, 0.15) is 51.1 Å². The number of imide groups is 1. The second-order valence-electron chi connectivity index (χ2n) is 10.3. The van der Waals surface area contributed by atoms with E-state index in [2.05, 4.69) is 11.5 Å². The van der Waals surface area contributed by atoms with E-state index in [1.54, 1.807) is 30.3 Å². The molecule has 34 heavy (non-hydrogen) atoms. The van der Waals surface area contributed by atoms with Crippen molar-refractivity contribution in [3.8, 4) is 11.5 Å². The van der Waals surface area contributed by atoms with Gasteiger partial charge in [-0.1, -0.05) is 24.3 Å². The number of amides is 2. The number of phenolic OH excluding ortho intramolecular Hbond substituents is 1. The number of ether oxygens (including phenoxy) is 1. The van der Waals surface area contributed by atoms with Crippen LogP contribution in [0.2, 0.25) is 0 Å². The number of likely N-dealkylation sites (tertiary alicyclic amines) is 1. The number of carbonyl (C=O) groups excluding carboxylic acids is 2. The maximum atomic E-state index is 13.4. The van der Waals surface area contributed by atoms with E-state index in [1.807, 2.05) is 12.1 Å². The minimum absolute atomic E-state index is 0.0398. The lowest BCUT2D eigenvalue weighted by Crippen LogP contribution is -2.78. The van der Waals surface area contributed by atoms with Crippen LogP contribution in [0.25, 0.3) is 0 Å². The van der Waals surface area contributed by atoms with Crippen molar-refractivity contribution in [2.75, 3.05) is 13.1 Å². The number of hydrogen-bond donors (Lipinski definition) is 2. The maximum absolute atomic E-state index is 13.4. The summed E-state index contributed by atoms with van der Waals surface area (Å²) < 4.78 is 6.50. The molecule has 7 nitrogen and oxygen atoms in total. The summed E-state index contributed by atoms with van der Waals surface area (Å²) in [5.41, 5.74) is 0.854. The van der Waals surface area contributed by atoms with Gasteiger partial charge in [0.05, 0.1) is 28.2 Å². The Hall–Kier alpha value is -3.16. The Morgan fingerprint density at radius 2 is 1.85 bits per heavy atom. The Balaban J connectivity index is 1.40. The van der Waals surface area contributed by atoms with Gasteiger partial charge in [-0.25, -0.2) is 0 Å². The lowest BCUT2D eigenvalue weighted by molar-refractivity contribution is -0.194. The van der Waals surface area contributed by atoms with Gasteiger partial charge in [-0.05, 0) is 56.0 Å². The van der Waals surface area contributed by atoms with Crippen molar-refractivity contribution >= 4 is 11.8 Å². The average molecular weight is 459 g/mol. The number of aromatic hydroxyl groups is 1. The van der Waals surface area contributed by atoms with Crippen LogP contribution in [0, 0.1) is 0 Å². The molecular formula is C27H26N2O5. The summed E-state index contributed by atoms with van der Waals surface area (Å²) in [5.74, 6) is -0.182. The van der Waals surface area contributed by atoms with Crippen molar-refractivity contribution in [2.24, 2.45) is 0 Å². The number of benzene rings is 2. The molecule has 5 atom stereocenters. The Bertz CT molecular complexity index is 1250. The van der Waals surface area contributed by atoms with Crippen molar-refractivity contribution in [3.63, 3.8) is 0 Å². The van der Waals surface area contributed by atoms with Gasteiger partial charge in [-0.2, -0.15) is 0 Å². The molecule has 3 aliphatic heterocycles. The van der Waals surface area contributed by atoms with Gasteiger partial charge in [0.25, 0.3) is 11.8 Å². The second kappa shape index (κ2) is 6.49. The third kappa shape index (κ3) is 2.11. The van der Waals surface area contributed by atoms with Crippen LogP contribution >= 0.6 is 0 Å². The Kier molecular flexibility index (Phi) is 3.86. The topological polar surface area (TPSA) is 90.3 Å². The highest BCUT2D eigenvalue weighted by molar-refractivity contribution is 6.21. The minimum Gasteiger partial charge on any atom is -0.504 e. The number of piperidine rings is 1. The molecule has 2 aromatic rings. The standard InChI is InChI=1S/C27H26N2O5/c1-2-12-28-13-11-26-21-15-7-8-19(30)22(21)34-23(26)18(9-10-27(26,33)20(28)14-15)29-24(31)16-5-3-4-6-17(16)25(29)32/h2-8,18,20,23,30,33H,1,9-14H2/t18-,20-,23-,26+,27-/m1/s1. The van der Waals surface area contributed by atoms with Crippen molar-refractivity contribution in [1.82, 2.24) is 9.80 Å². The van der Waals surface area contributed by atoms with Gasteiger partial charge in [-0.15, -0.1) is 6.58 Å². The Labute approximate surface area is 197 Å². The first-order chi connectivity index (χ1) is 16.4. The largest absolute Gasteiger partial charge is 0.504 e. The third-order valence-electron chi connectivity index (χ3n) is 9.06. The molecule has 1 saturated heterocycles. The van der Waals surface area contributed by atoms with Gasteiger partial charge in [0.2, 0.25) is 0 Å². The molecule has 1 spiro atoms. The quantitative estimate of drug-likeness (QED) is 0.542. The molecule has 0 unspecified atom stereocenters. The molecular weight excluding hydrogens is 432 g/mol. The Morgan fingerprint density at radius 1 is 1.12 bits per heavy atom. The molecule has 0 aromatic heterocycles. The monoisotopic (exact) mass is 458 g/mol. The molecule has 1 saturated carbocycles. The average Bonchev–Trinajstić information content (AvgIpc) is 3.31. The van der Waals surface area contributed by atoms with Crippen LogP contribution in [0.15, 0.2) is 49.1 Å². The number of carbonyl (C=O) groups is 2. The Morgan fingerprint density at radius 3 is 2.56 bits per heavy atom. The van der Waals surface area contributed by atoms with Crippen molar-refractivity contribution in [1.29, 1.82) is 0 Å². The summed E-state index contributed by atoms with van der Waals surface area (Å²) in [5, 5.41) is 23.2. The van der Waals surface area contributed by atoms with Gasteiger partial charge in [0, 0.05) is 18.2 Å². The molecule has 174 valence electrons. The second-order valence-corrected chi connectivity index (χ2v) is 10.3. The van der Waals surface area contributed by atoms with Crippen molar-refractivity contribution in [2.45, 2.75) is 54.9 Å². The fourth-order valence-corrected chi connectivity index (χ4v) is 7.76. The number of hydrogen-bond acceptors (Lipinski definition) is 6. The van der Waals surface area contributed by atoms with E-state index in [1.165, 1.54) is 4.90 Å². The van der Waals surface area contributed by atoms with Gasteiger partial charge < -0.3 is 14.9 Å². The molecule has 3 heterocycles. The van der Waals surface area contributed by atoms with Crippen LogP contribution in [-0.2, 0) is 11.8 Å². The van der Waals surface area contributed by atoms with Gasteiger partial charge >= 0.3 is 0 Å². The molecule has 0 radical (unpaired) electrons. The summed E-state index contributed by atoms with van der Waals surface area (Å²) in [6, 6.07) is 9.82. The van der Waals surface area contributed by atoms with Gasteiger partial charge in [0.15, 0.2) is 11.5 Å². The highest BCUT2D eigenvalue weighted by Gasteiger charge is 2.74. The number of rotatable bonds is 3. The molecule has 2 fully saturated rings. The molecule has 7 rings (SSSR count). The molecule has 5 aliphatic rings. The van der Waals surface area contributed by atoms with Crippen LogP contribution in [0.5, 0.6) is 11.5 Å². The van der Waals surface area contributed by atoms with Crippen LogP contribution < -0.4 is 4.74 Å². The minimum atomic E-state index is -1.10. The fraction of sp³-hybridized carbons (Fsp3) is 0.407. The molecule has 2 bridgehead atoms. The van der Waals surface area contributed by atoms with Crippen molar-refractivity contribution < 1.29 is 24.5 Å². The van der Waals surface area contributed by atoms with Crippen molar-refractivity contribution in [3.05, 3.63) is 71.3 Å². The van der Waals surface area contributed by atoms with Crippen LogP contribution in [0.4, 0.5) is 0 Å². The first kappa shape index (κ1) is 20.2. The lowest BCUT2D eigenvalue weighted by Gasteiger charge is -2.64. The number of nitrogens with zero attached hydrogens (tertiary/aromatic N) is 2. The molecule has 7 heteroatoms. The van der Waals surface area contributed by atoms with E-state index < -0.39 is 23.2 Å². The summed E-state index contributed by atoms with van der Waals surface area (Å²) in [6.45, 7) is 5.32. The number of fused-ring (bicyclic) bond motifs is 1. The SMILES string of the molecule is C=CCN1CC[C@]23c4c5ccc(O)c4O[C@@H]2[C@H](N2C(=O)c4ccccc4C2=O)CC[C@@]3(O)[C@H]1C5. The smallest absolute Gasteiger partial charge is 0.261 e. The zero-order valence-corrected chi connectivity index (χ0v) is 18.7. The first-order valence-corrected chi connectivity index (χ1v) is 12.0. The van der Waals surface area contributed by atoms with E-state index in [4.69, 9.17) is 4.74 Å². The predicted molar refractivity (Wildman–Crippen MR) is 123 cm³/mol. The normalized spacial score (nSPS) is 35.1. The highest BCUT2D eigenvalue weighted by Crippen LogP contribution is 2.66. The summed E-state index contributed by atoms with van der Waals surface area (Å²) in [6.07, 6.45) is 3.40. The van der Waals surface area contributed by atoms with E-state index >= 15 is 0 Å². The van der Waals surface area contributed by atoms with Gasteiger partial charge in [0.1, 0.15) is 6.10 Å². The third-order valence-corrected chi connectivity index (χ3v) is 9.06. The number of phenols is 1. The highest BCUT2D eigenvalue weighted by atomic mass is 16.5. The molecule has 2 amide bonds. The zero-order valence-electron chi connectivity index (χ0n) is 18.7. The first-order valence-electron chi connectivity index (χ1n) is 12.0. The fourth-order valence-electron chi connectivity index (χ4n) is 7.76. The molecule has 2 aromatic carbocycles.